The second-order valence-corrected chi connectivity index (χ2v) is 9.14. The molecule has 3 N–H and O–H groups in total. The summed E-state index contributed by atoms with van der Waals surface area (Å²) < 4.78 is 13.2. The van der Waals surface area contributed by atoms with E-state index >= 15 is 0 Å². The lowest BCUT2D eigenvalue weighted by atomic mass is 9.87. The summed E-state index contributed by atoms with van der Waals surface area (Å²) in [5.74, 6) is 0.365. The van der Waals surface area contributed by atoms with Gasteiger partial charge in [-0.1, -0.05) is 18.1 Å². The standard InChI is InChI=1S/C23H29N3O4/c1-3-29-20(27)19-11-17-10-15(16-6-9-30-22(13-16)7-8-22)4-5-18(17)26(19)23(12-14(23)2)21(24)25-28/h4-5,10-11,14,16,28H,3,6-9,12-13H2,1-2H3,(H2,24,25)/t14-,16+,23-/m0/s1. The monoisotopic (exact) mass is 411 g/mol. The van der Waals surface area contributed by atoms with Crippen molar-refractivity contribution in [3.05, 3.63) is 35.5 Å². The lowest BCUT2D eigenvalue weighted by Crippen LogP contribution is -2.38. The molecular formula is C23H29N3O4. The summed E-state index contributed by atoms with van der Waals surface area (Å²) in [6, 6.07) is 8.31. The van der Waals surface area contributed by atoms with Gasteiger partial charge in [-0.3, -0.25) is 0 Å². The molecule has 1 saturated heterocycles. The number of fused-ring (bicyclic) bond motifs is 1. The lowest BCUT2D eigenvalue weighted by molar-refractivity contribution is -0.0132. The van der Waals surface area contributed by atoms with Crippen molar-refractivity contribution in [2.75, 3.05) is 13.2 Å². The van der Waals surface area contributed by atoms with Crippen LogP contribution in [0, 0.1) is 5.92 Å². The molecule has 2 saturated carbocycles. The van der Waals surface area contributed by atoms with E-state index in [1.807, 2.05) is 17.6 Å². The number of oxime groups is 1. The molecule has 3 fully saturated rings. The van der Waals surface area contributed by atoms with Crippen molar-refractivity contribution < 1.29 is 19.5 Å². The van der Waals surface area contributed by atoms with Gasteiger partial charge in [-0.15, -0.1) is 0 Å². The number of carbonyl (C=O) groups excluding carboxylic acids is 1. The van der Waals surface area contributed by atoms with Crippen LogP contribution in [0.4, 0.5) is 0 Å². The zero-order valence-electron chi connectivity index (χ0n) is 17.6. The molecule has 2 aromatic rings. The van der Waals surface area contributed by atoms with E-state index in [0.717, 1.165) is 43.2 Å². The molecule has 3 aliphatic rings. The summed E-state index contributed by atoms with van der Waals surface area (Å²) in [6.07, 6.45) is 5.12. The molecule has 5 rings (SSSR count). The Bertz CT molecular complexity index is 1040. The number of amidine groups is 1. The Kier molecular flexibility index (Phi) is 4.36. The highest BCUT2D eigenvalue weighted by atomic mass is 16.5. The van der Waals surface area contributed by atoms with Crippen molar-refractivity contribution in [1.82, 2.24) is 4.57 Å². The first kappa shape index (κ1) is 19.4. The molecule has 160 valence electrons. The summed E-state index contributed by atoms with van der Waals surface area (Å²) in [7, 11) is 0. The van der Waals surface area contributed by atoms with E-state index in [4.69, 9.17) is 15.2 Å². The minimum Gasteiger partial charge on any atom is -0.461 e. The second kappa shape index (κ2) is 6.74. The van der Waals surface area contributed by atoms with Gasteiger partial charge in [-0.05, 0) is 74.6 Å². The van der Waals surface area contributed by atoms with Crippen LogP contribution in [-0.4, -0.2) is 40.4 Å². The Morgan fingerprint density at radius 3 is 2.77 bits per heavy atom. The van der Waals surface area contributed by atoms with Gasteiger partial charge in [0, 0.05) is 17.5 Å². The van der Waals surface area contributed by atoms with E-state index in [1.165, 1.54) is 5.56 Å². The predicted octanol–water partition coefficient (Wildman–Crippen LogP) is 3.73. The van der Waals surface area contributed by atoms with Crippen LogP contribution in [0.2, 0.25) is 0 Å². The second-order valence-electron chi connectivity index (χ2n) is 9.14. The maximum atomic E-state index is 12.8. The van der Waals surface area contributed by atoms with Crippen molar-refractivity contribution in [2.24, 2.45) is 16.8 Å². The number of ether oxygens (including phenoxy) is 2. The lowest BCUT2D eigenvalue weighted by Gasteiger charge is -2.30. The smallest absolute Gasteiger partial charge is 0.355 e. The van der Waals surface area contributed by atoms with Gasteiger partial charge in [0.25, 0.3) is 0 Å². The van der Waals surface area contributed by atoms with Gasteiger partial charge in [0.2, 0.25) is 0 Å². The highest BCUT2D eigenvalue weighted by Crippen LogP contribution is 2.53. The highest BCUT2D eigenvalue weighted by Gasteiger charge is 2.58. The van der Waals surface area contributed by atoms with Gasteiger partial charge in [-0.2, -0.15) is 0 Å². The molecule has 0 unspecified atom stereocenters. The van der Waals surface area contributed by atoms with Crippen LogP contribution < -0.4 is 5.73 Å². The predicted molar refractivity (Wildman–Crippen MR) is 113 cm³/mol. The zero-order valence-corrected chi connectivity index (χ0v) is 17.6. The summed E-state index contributed by atoms with van der Waals surface area (Å²) in [6.45, 7) is 4.94. The van der Waals surface area contributed by atoms with Crippen LogP contribution in [0.25, 0.3) is 10.9 Å². The number of benzene rings is 1. The van der Waals surface area contributed by atoms with Crippen molar-refractivity contribution in [3.63, 3.8) is 0 Å². The average Bonchev–Trinajstić information content (AvgIpc) is 3.61. The summed E-state index contributed by atoms with van der Waals surface area (Å²) in [5, 5.41) is 13.7. The van der Waals surface area contributed by atoms with Crippen LogP contribution in [0.5, 0.6) is 0 Å². The fraction of sp³-hybridized carbons (Fsp3) is 0.565. The minimum atomic E-state index is -0.698. The fourth-order valence-electron chi connectivity index (χ4n) is 5.35. The minimum absolute atomic E-state index is 0.111. The molecule has 1 aliphatic heterocycles. The average molecular weight is 412 g/mol. The molecular weight excluding hydrogens is 382 g/mol. The summed E-state index contributed by atoms with van der Waals surface area (Å²) >= 11 is 0. The molecule has 2 heterocycles. The number of esters is 1. The van der Waals surface area contributed by atoms with Crippen LogP contribution in [-0.2, 0) is 15.0 Å². The molecule has 0 bridgehead atoms. The third kappa shape index (κ3) is 2.82. The molecule has 7 heteroatoms. The quantitative estimate of drug-likeness (QED) is 0.257. The number of nitrogens with two attached hydrogens (primary N) is 1. The van der Waals surface area contributed by atoms with E-state index in [-0.39, 0.29) is 23.3 Å². The normalized spacial score (nSPS) is 29.9. The van der Waals surface area contributed by atoms with Crippen molar-refractivity contribution in [1.29, 1.82) is 0 Å². The van der Waals surface area contributed by atoms with Gasteiger partial charge in [0.05, 0.1) is 12.2 Å². The van der Waals surface area contributed by atoms with Crippen molar-refractivity contribution in [2.45, 2.75) is 63.0 Å². The van der Waals surface area contributed by atoms with E-state index < -0.39 is 5.54 Å². The Balaban J connectivity index is 1.61. The van der Waals surface area contributed by atoms with E-state index in [9.17, 15) is 10.0 Å². The van der Waals surface area contributed by atoms with Crippen LogP contribution >= 0.6 is 0 Å². The van der Waals surface area contributed by atoms with E-state index in [0.29, 0.717) is 24.6 Å². The number of hydrogen-bond acceptors (Lipinski definition) is 5. The number of hydrogen-bond donors (Lipinski definition) is 2. The molecule has 1 spiro atoms. The Hall–Kier alpha value is -2.54. The Labute approximate surface area is 175 Å². The third-order valence-electron chi connectivity index (χ3n) is 7.31. The molecule has 1 aromatic carbocycles. The first-order chi connectivity index (χ1) is 14.4. The molecule has 3 atom stereocenters. The van der Waals surface area contributed by atoms with Gasteiger partial charge >= 0.3 is 5.97 Å². The van der Waals surface area contributed by atoms with Gasteiger partial charge in [0.1, 0.15) is 11.2 Å². The van der Waals surface area contributed by atoms with Crippen LogP contribution in [0.3, 0.4) is 0 Å². The topological polar surface area (TPSA) is 99.1 Å². The van der Waals surface area contributed by atoms with Gasteiger partial charge < -0.3 is 25.0 Å². The zero-order chi connectivity index (χ0) is 21.1. The van der Waals surface area contributed by atoms with Crippen LogP contribution in [0.1, 0.15) is 67.9 Å². The molecule has 0 amide bonds. The van der Waals surface area contributed by atoms with Crippen molar-refractivity contribution >= 4 is 22.7 Å². The van der Waals surface area contributed by atoms with E-state index in [1.54, 1.807) is 6.92 Å². The van der Waals surface area contributed by atoms with Gasteiger partial charge in [-0.25, -0.2) is 4.79 Å². The number of nitrogens with zero attached hydrogens (tertiary/aromatic N) is 2. The fourth-order valence-corrected chi connectivity index (χ4v) is 5.35. The number of rotatable bonds is 5. The summed E-state index contributed by atoms with van der Waals surface area (Å²) in [4.78, 5) is 12.8. The number of aromatic nitrogens is 1. The molecule has 0 radical (unpaired) electrons. The first-order valence-corrected chi connectivity index (χ1v) is 10.9. The molecule has 30 heavy (non-hydrogen) atoms. The molecule has 7 nitrogen and oxygen atoms in total. The SMILES string of the molecule is CCOC(=O)c1cc2cc([C@@H]3CCOC4(CC4)C3)ccc2n1[C@@]1(C(N)=NO)C[C@@H]1C. The Morgan fingerprint density at radius 1 is 1.37 bits per heavy atom. The Morgan fingerprint density at radius 2 is 2.13 bits per heavy atom. The van der Waals surface area contributed by atoms with E-state index in [2.05, 4.69) is 23.4 Å². The van der Waals surface area contributed by atoms with Crippen LogP contribution in [0.15, 0.2) is 29.4 Å². The molecule has 1 aromatic heterocycles. The maximum Gasteiger partial charge on any atom is 0.355 e. The molecule has 2 aliphatic carbocycles. The van der Waals surface area contributed by atoms with Gasteiger partial charge in [0.15, 0.2) is 5.84 Å². The number of carbonyl (C=O) groups is 1. The first-order valence-electron chi connectivity index (χ1n) is 10.9. The van der Waals surface area contributed by atoms with Crippen molar-refractivity contribution in [3.8, 4) is 0 Å². The third-order valence-corrected chi connectivity index (χ3v) is 7.31. The highest BCUT2D eigenvalue weighted by molar-refractivity contribution is 6.00. The summed E-state index contributed by atoms with van der Waals surface area (Å²) in [5.41, 5.74) is 8.18. The largest absolute Gasteiger partial charge is 0.461 e. The maximum absolute atomic E-state index is 12.8.